The van der Waals surface area contributed by atoms with E-state index in [-0.39, 0.29) is 11.7 Å². The van der Waals surface area contributed by atoms with Crippen molar-refractivity contribution in [3.63, 3.8) is 0 Å². The highest BCUT2D eigenvalue weighted by Gasteiger charge is 2.18. The van der Waals surface area contributed by atoms with E-state index in [2.05, 4.69) is 15.3 Å². The first-order valence-electron chi connectivity index (χ1n) is 5.17. The lowest BCUT2D eigenvalue weighted by Crippen LogP contribution is -1.97. The van der Waals surface area contributed by atoms with Crippen LogP contribution in [-0.4, -0.2) is 21.0 Å². The number of thiazole rings is 1. The molecule has 3 rings (SSSR count). The molecule has 0 atom stereocenters. The quantitative estimate of drug-likeness (QED) is 0.868. The number of fused-ring (bicyclic) bond motifs is 1. The molecular formula is C10H9N3O3S. The van der Waals surface area contributed by atoms with E-state index in [0.29, 0.717) is 5.13 Å². The molecule has 7 heteroatoms. The van der Waals surface area contributed by atoms with Crippen LogP contribution in [0.3, 0.4) is 0 Å². The summed E-state index contributed by atoms with van der Waals surface area (Å²) in [7, 11) is 0. The predicted octanol–water partition coefficient (Wildman–Crippen LogP) is 2.06. The second-order valence-electron chi connectivity index (χ2n) is 3.71. The zero-order valence-electron chi connectivity index (χ0n) is 8.77. The van der Waals surface area contributed by atoms with E-state index >= 15 is 0 Å². The molecule has 0 unspecified atom stereocenters. The van der Waals surface area contributed by atoms with E-state index in [1.807, 2.05) is 0 Å². The van der Waals surface area contributed by atoms with Crippen molar-refractivity contribution in [3.05, 3.63) is 22.5 Å². The SMILES string of the molecule is O=C(O)c1coc(Nc2nc3c(s2)CCC3)n1. The van der Waals surface area contributed by atoms with Crippen LogP contribution in [0.2, 0.25) is 0 Å². The number of carboxylic acid groups (broad SMARTS) is 1. The zero-order valence-corrected chi connectivity index (χ0v) is 9.58. The third-order valence-electron chi connectivity index (χ3n) is 2.53. The monoisotopic (exact) mass is 251 g/mol. The van der Waals surface area contributed by atoms with Crippen LogP contribution in [0.1, 0.15) is 27.5 Å². The number of rotatable bonds is 3. The van der Waals surface area contributed by atoms with Gasteiger partial charge in [0, 0.05) is 4.88 Å². The average molecular weight is 251 g/mol. The van der Waals surface area contributed by atoms with Gasteiger partial charge in [-0.05, 0) is 19.3 Å². The number of hydrogen-bond acceptors (Lipinski definition) is 6. The van der Waals surface area contributed by atoms with Crippen molar-refractivity contribution in [2.45, 2.75) is 19.3 Å². The topological polar surface area (TPSA) is 88.2 Å². The molecule has 0 radical (unpaired) electrons. The summed E-state index contributed by atoms with van der Waals surface area (Å²) in [6.45, 7) is 0. The zero-order chi connectivity index (χ0) is 11.8. The highest BCUT2D eigenvalue weighted by atomic mass is 32.1. The van der Waals surface area contributed by atoms with Crippen molar-refractivity contribution in [2.24, 2.45) is 0 Å². The Bertz CT molecular complexity index is 554. The van der Waals surface area contributed by atoms with Gasteiger partial charge >= 0.3 is 12.0 Å². The van der Waals surface area contributed by atoms with Crippen LogP contribution in [0.15, 0.2) is 10.7 Å². The molecule has 1 aliphatic rings. The minimum Gasteiger partial charge on any atom is -0.476 e. The van der Waals surface area contributed by atoms with E-state index < -0.39 is 5.97 Å². The number of anilines is 2. The highest BCUT2D eigenvalue weighted by Crippen LogP contribution is 2.31. The Labute approximate surface area is 100 Å². The standard InChI is InChI=1S/C10H9N3O3S/c14-8(15)6-4-16-9(11-6)13-10-12-5-2-1-3-7(5)17-10/h4H,1-3H2,(H,14,15)(H,11,12,13). The van der Waals surface area contributed by atoms with Crippen LogP contribution in [0.4, 0.5) is 11.1 Å². The van der Waals surface area contributed by atoms with Gasteiger partial charge in [-0.2, -0.15) is 4.98 Å². The molecule has 0 bridgehead atoms. The maximum atomic E-state index is 10.6. The molecule has 2 aromatic heterocycles. The van der Waals surface area contributed by atoms with E-state index in [4.69, 9.17) is 9.52 Å². The Morgan fingerprint density at radius 2 is 2.35 bits per heavy atom. The van der Waals surface area contributed by atoms with E-state index in [0.717, 1.165) is 31.2 Å². The first-order chi connectivity index (χ1) is 8.22. The van der Waals surface area contributed by atoms with Crippen molar-refractivity contribution in [1.29, 1.82) is 0 Å². The number of aromatic nitrogens is 2. The molecule has 0 aliphatic heterocycles. The van der Waals surface area contributed by atoms with Crippen LogP contribution < -0.4 is 5.32 Å². The lowest BCUT2D eigenvalue weighted by molar-refractivity contribution is 0.0690. The van der Waals surface area contributed by atoms with Gasteiger partial charge in [-0.15, -0.1) is 11.3 Å². The first-order valence-corrected chi connectivity index (χ1v) is 5.98. The van der Waals surface area contributed by atoms with Gasteiger partial charge in [-0.25, -0.2) is 9.78 Å². The van der Waals surface area contributed by atoms with Crippen LogP contribution in [0.5, 0.6) is 0 Å². The number of aryl methyl sites for hydroxylation is 2. The maximum absolute atomic E-state index is 10.6. The number of carboxylic acids is 1. The Morgan fingerprint density at radius 3 is 3.06 bits per heavy atom. The predicted molar refractivity (Wildman–Crippen MR) is 60.9 cm³/mol. The van der Waals surface area contributed by atoms with Crippen molar-refractivity contribution in [2.75, 3.05) is 5.32 Å². The lowest BCUT2D eigenvalue weighted by atomic mass is 10.4. The minimum absolute atomic E-state index is 0.114. The fraction of sp³-hybridized carbons (Fsp3) is 0.300. The van der Waals surface area contributed by atoms with Crippen LogP contribution in [0, 0.1) is 0 Å². The van der Waals surface area contributed by atoms with Crippen molar-refractivity contribution >= 4 is 28.5 Å². The molecule has 0 saturated carbocycles. The first kappa shape index (κ1) is 10.3. The molecule has 2 heterocycles. The second-order valence-corrected chi connectivity index (χ2v) is 4.79. The lowest BCUT2D eigenvalue weighted by Gasteiger charge is -1.94. The summed E-state index contributed by atoms with van der Waals surface area (Å²) in [6, 6.07) is 0.162. The van der Waals surface area contributed by atoms with Gasteiger partial charge in [0.2, 0.25) is 0 Å². The molecule has 0 aromatic carbocycles. The molecular weight excluding hydrogens is 242 g/mol. The van der Waals surface area contributed by atoms with Gasteiger partial charge in [0.25, 0.3) is 0 Å². The number of hydrogen-bond donors (Lipinski definition) is 2. The molecule has 0 saturated heterocycles. The summed E-state index contributed by atoms with van der Waals surface area (Å²) in [6.07, 6.45) is 4.35. The van der Waals surface area contributed by atoms with Gasteiger partial charge in [0.15, 0.2) is 10.8 Å². The Morgan fingerprint density at radius 1 is 1.47 bits per heavy atom. The summed E-state index contributed by atoms with van der Waals surface area (Å²) < 4.78 is 4.99. The number of nitrogens with one attached hydrogen (secondary N) is 1. The third-order valence-corrected chi connectivity index (χ3v) is 3.61. The molecule has 0 spiro atoms. The maximum Gasteiger partial charge on any atom is 0.357 e. The summed E-state index contributed by atoms with van der Waals surface area (Å²) in [5, 5.41) is 12.3. The summed E-state index contributed by atoms with van der Waals surface area (Å²) in [5.41, 5.74) is 1.01. The molecule has 0 fully saturated rings. The van der Waals surface area contributed by atoms with Crippen LogP contribution >= 0.6 is 11.3 Å². The molecule has 88 valence electrons. The number of aromatic carboxylic acids is 1. The molecule has 1 aliphatic carbocycles. The second kappa shape index (κ2) is 3.85. The number of oxazole rings is 1. The third kappa shape index (κ3) is 1.89. The van der Waals surface area contributed by atoms with Gasteiger partial charge in [-0.3, -0.25) is 5.32 Å². The average Bonchev–Trinajstić information content (AvgIpc) is 2.91. The van der Waals surface area contributed by atoms with Crippen LogP contribution in [0.25, 0.3) is 0 Å². The molecule has 17 heavy (non-hydrogen) atoms. The Hall–Kier alpha value is -1.89. The van der Waals surface area contributed by atoms with Crippen molar-refractivity contribution < 1.29 is 14.3 Å². The van der Waals surface area contributed by atoms with Crippen molar-refractivity contribution in [1.82, 2.24) is 9.97 Å². The van der Waals surface area contributed by atoms with Gasteiger partial charge in [0.05, 0.1) is 5.69 Å². The van der Waals surface area contributed by atoms with E-state index in [1.165, 1.54) is 4.88 Å². The normalized spacial score (nSPS) is 13.6. The summed E-state index contributed by atoms with van der Waals surface area (Å²) >= 11 is 1.56. The fourth-order valence-corrected chi connectivity index (χ4v) is 2.80. The molecule has 2 aromatic rings. The largest absolute Gasteiger partial charge is 0.476 e. The number of nitrogens with zero attached hydrogens (tertiary/aromatic N) is 2. The van der Waals surface area contributed by atoms with Crippen LogP contribution in [-0.2, 0) is 12.8 Å². The molecule has 2 N–H and O–H groups in total. The van der Waals surface area contributed by atoms with Gasteiger partial charge in [0.1, 0.15) is 6.26 Å². The number of carbonyl (C=O) groups is 1. The fourth-order valence-electron chi connectivity index (χ4n) is 1.76. The van der Waals surface area contributed by atoms with Crippen molar-refractivity contribution in [3.8, 4) is 0 Å². The van der Waals surface area contributed by atoms with Gasteiger partial charge in [-0.1, -0.05) is 0 Å². The summed E-state index contributed by atoms with van der Waals surface area (Å²) in [4.78, 5) is 20.1. The Kier molecular flexibility index (Phi) is 2.32. The van der Waals surface area contributed by atoms with E-state index in [1.54, 1.807) is 11.3 Å². The Balaban J connectivity index is 1.79. The van der Waals surface area contributed by atoms with Gasteiger partial charge < -0.3 is 9.52 Å². The van der Waals surface area contributed by atoms with E-state index in [9.17, 15) is 4.79 Å². The minimum atomic E-state index is -1.11. The smallest absolute Gasteiger partial charge is 0.357 e. The molecule has 6 nitrogen and oxygen atoms in total. The highest BCUT2D eigenvalue weighted by molar-refractivity contribution is 7.15. The summed E-state index contributed by atoms with van der Waals surface area (Å²) in [5.74, 6) is -1.11. The molecule has 0 amide bonds.